The predicted octanol–water partition coefficient (Wildman–Crippen LogP) is 1.19. The molecule has 0 aliphatic rings. The van der Waals surface area contributed by atoms with E-state index in [9.17, 15) is 0 Å². The second-order valence-electron chi connectivity index (χ2n) is 4.64. The summed E-state index contributed by atoms with van der Waals surface area (Å²) in [5.41, 5.74) is 3.09. The summed E-state index contributed by atoms with van der Waals surface area (Å²) in [5, 5.41) is 0. The molecule has 4 aromatic heterocycles. The highest BCUT2D eigenvalue weighted by molar-refractivity contribution is 5.79. The fourth-order valence-electron chi connectivity index (χ4n) is 2.49. The molecule has 21 heavy (non-hydrogen) atoms. The third-order valence-electron chi connectivity index (χ3n) is 3.46. The highest BCUT2D eigenvalue weighted by Crippen LogP contribution is 2.24. The van der Waals surface area contributed by atoms with Crippen LogP contribution in [0.25, 0.3) is 34.0 Å². The van der Waals surface area contributed by atoms with Crippen molar-refractivity contribution in [2.45, 2.75) is 13.5 Å². The van der Waals surface area contributed by atoms with Crippen molar-refractivity contribution in [1.29, 1.82) is 0 Å². The molecule has 0 fully saturated rings. The molecule has 0 bridgehead atoms. The summed E-state index contributed by atoms with van der Waals surface area (Å²) in [6, 6.07) is 0. The highest BCUT2D eigenvalue weighted by atomic mass is 15.2. The molecule has 8 nitrogen and oxygen atoms in total. The average molecular weight is 280 g/mol. The van der Waals surface area contributed by atoms with Crippen LogP contribution < -0.4 is 0 Å². The van der Waals surface area contributed by atoms with E-state index in [-0.39, 0.29) is 0 Å². The van der Waals surface area contributed by atoms with Crippen LogP contribution in [-0.2, 0) is 13.6 Å². The van der Waals surface area contributed by atoms with Crippen LogP contribution >= 0.6 is 0 Å². The largest absolute Gasteiger partial charge is 0.309 e. The molecule has 4 aromatic rings. The number of nitrogens with zero attached hydrogens (tertiary/aromatic N) is 8. The van der Waals surface area contributed by atoms with Gasteiger partial charge < -0.3 is 9.13 Å². The molecule has 0 saturated heterocycles. The predicted molar refractivity (Wildman–Crippen MR) is 76.3 cm³/mol. The molecular formula is C13H12N8. The Balaban J connectivity index is 2.06. The fraction of sp³-hybridized carbons (Fsp3) is 0.231. The Morgan fingerprint density at radius 2 is 1.52 bits per heavy atom. The van der Waals surface area contributed by atoms with E-state index in [2.05, 4.69) is 36.8 Å². The lowest BCUT2D eigenvalue weighted by atomic mass is 10.5. The van der Waals surface area contributed by atoms with Crippen LogP contribution in [0.1, 0.15) is 6.92 Å². The smallest absolute Gasteiger partial charge is 0.178 e. The van der Waals surface area contributed by atoms with Gasteiger partial charge in [0, 0.05) is 13.6 Å². The van der Waals surface area contributed by atoms with Crippen molar-refractivity contribution in [3.05, 3.63) is 25.0 Å². The molecule has 0 aliphatic heterocycles. The lowest BCUT2D eigenvalue weighted by Crippen LogP contribution is -2.03. The van der Waals surface area contributed by atoms with Crippen LogP contribution in [0.4, 0.5) is 0 Å². The zero-order valence-electron chi connectivity index (χ0n) is 11.6. The standard InChI is InChI=1S/C13H12N8/c1-3-21-11-9(5-15-7-17-11)19-13(21)12-18-8-4-14-6-16-10(8)20(12)2/h4-7H,3H2,1-2H3. The highest BCUT2D eigenvalue weighted by Gasteiger charge is 2.18. The van der Waals surface area contributed by atoms with Gasteiger partial charge in [-0.3, -0.25) is 0 Å². The van der Waals surface area contributed by atoms with Crippen molar-refractivity contribution < 1.29 is 0 Å². The van der Waals surface area contributed by atoms with E-state index >= 15 is 0 Å². The van der Waals surface area contributed by atoms with Gasteiger partial charge in [-0.25, -0.2) is 29.9 Å². The minimum Gasteiger partial charge on any atom is -0.309 e. The van der Waals surface area contributed by atoms with Crippen LogP contribution in [0.15, 0.2) is 25.0 Å². The van der Waals surface area contributed by atoms with Gasteiger partial charge in [-0.1, -0.05) is 0 Å². The lowest BCUT2D eigenvalue weighted by Gasteiger charge is -2.04. The van der Waals surface area contributed by atoms with Crippen molar-refractivity contribution in [3.8, 4) is 11.6 Å². The number of rotatable bonds is 2. The maximum absolute atomic E-state index is 4.62. The minimum atomic E-state index is 0.741. The molecule has 0 aromatic carbocycles. The Morgan fingerprint density at radius 1 is 0.905 bits per heavy atom. The van der Waals surface area contributed by atoms with Crippen molar-refractivity contribution >= 4 is 22.3 Å². The molecule has 4 heterocycles. The Hall–Kier alpha value is -2.90. The Kier molecular flexibility index (Phi) is 2.44. The van der Waals surface area contributed by atoms with Crippen LogP contribution in [0.2, 0.25) is 0 Å². The number of imidazole rings is 2. The van der Waals surface area contributed by atoms with Gasteiger partial charge in [0.15, 0.2) is 22.9 Å². The van der Waals surface area contributed by atoms with E-state index in [0.717, 1.165) is 40.5 Å². The normalized spacial score (nSPS) is 11.5. The molecule has 0 amide bonds. The van der Waals surface area contributed by atoms with Crippen LogP contribution in [0, 0.1) is 0 Å². The second kappa shape index (κ2) is 4.30. The van der Waals surface area contributed by atoms with Crippen molar-refractivity contribution in [2.75, 3.05) is 0 Å². The number of fused-ring (bicyclic) bond motifs is 2. The first-order chi connectivity index (χ1) is 10.3. The molecule has 0 spiro atoms. The van der Waals surface area contributed by atoms with Gasteiger partial charge in [0.25, 0.3) is 0 Å². The topological polar surface area (TPSA) is 87.2 Å². The van der Waals surface area contributed by atoms with Crippen molar-refractivity contribution in [1.82, 2.24) is 39.0 Å². The Labute approximate surface area is 119 Å². The first kappa shape index (κ1) is 11.9. The zero-order valence-corrected chi connectivity index (χ0v) is 11.6. The average Bonchev–Trinajstić information content (AvgIpc) is 3.05. The SMILES string of the molecule is CCn1c(-c2nc3cncnc3n2C)nc2cncnc21. The summed E-state index contributed by atoms with van der Waals surface area (Å²) in [4.78, 5) is 25.8. The summed E-state index contributed by atoms with van der Waals surface area (Å²) >= 11 is 0. The molecule has 4 rings (SSSR count). The van der Waals surface area contributed by atoms with Crippen LogP contribution in [-0.4, -0.2) is 39.0 Å². The molecule has 0 saturated carbocycles. The number of aromatic nitrogens is 8. The first-order valence-corrected chi connectivity index (χ1v) is 6.58. The molecule has 0 N–H and O–H groups in total. The summed E-state index contributed by atoms with van der Waals surface area (Å²) in [6.45, 7) is 2.80. The monoisotopic (exact) mass is 280 g/mol. The Morgan fingerprint density at radius 3 is 2.19 bits per heavy atom. The lowest BCUT2D eigenvalue weighted by molar-refractivity contribution is 0.771. The van der Waals surface area contributed by atoms with Crippen LogP contribution in [0.5, 0.6) is 0 Å². The summed E-state index contributed by atoms with van der Waals surface area (Å²) < 4.78 is 3.93. The van der Waals surface area contributed by atoms with E-state index in [4.69, 9.17) is 0 Å². The van der Waals surface area contributed by atoms with Gasteiger partial charge in [0.05, 0.1) is 12.4 Å². The van der Waals surface area contributed by atoms with E-state index in [0.29, 0.717) is 0 Å². The van der Waals surface area contributed by atoms with Gasteiger partial charge in [0.2, 0.25) is 0 Å². The van der Waals surface area contributed by atoms with Gasteiger partial charge in [-0.15, -0.1) is 0 Å². The number of aryl methyl sites for hydroxylation is 2. The van der Waals surface area contributed by atoms with E-state index in [1.54, 1.807) is 12.4 Å². The van der Waals surface area contributed by atoms with Gasteiger partial charge >= 0.3 is 0 Å². The summed E-state index contributed by atoms with van der Waals surface area (Å²) in [5.74, 6) is 1.50. The fourth-order valence-corrected chi connectivity index (χ4v) is 2.49. The van der Waals surface area contributed by atoms with Gasteiger partial charge in [0.1, 0.15) is 23.7 Å². The molecule has 0 unspecified atom stereocenters. The quantitative estimate of drug-likeness (QED) is 0.548. The van der Waals surface area contributed by atoms with Gasteiger partial charge in [-0.2, -0.15) is 0 Å². The Bertz CT molecular complexity index is 951. The summed E-state index contributed by atoms with van der Waals surface area (Å²) in [6.07, 6.45) is 6.45. The third-order valence-corrected chi connectivity index (χ3v) is 3.46. The maximum Gasteiger partial charge on any atom is 0.178 e. The maximum atomic E-state index is 4.62. The molecule has 0 atom stereocenters. The molecular weight excluding hydrogens is 268 g/mol. The second-order valence-corrected chi connectivity index (χ2v) is 4.64. The minimum absolute atomic E-state index is 0.741. The molecule has 8 heteroatoms. The third kappa shape index (κ3) is 1.62. The number of hydrogen-bond donors (Lipinski definition) is 0. The number of hydrogen-bond acceptors (Lipinski definition) is 6. The van der Waals surface area contributed by atoms with Gasteiger partial charge in [-0.05, 0) is 6.92 Å². The van der Waals surface area contributed by atoms with E-state index < -0.39 is 0 Å². The van der Waals surface area contributed by atoms with Crippen molar-refractivity contribution in [3.63, 3.8) is 0 Å². The zero-order chi connectivity index (χ0) is 14.4. The first-order valence-electron chi connectivity index (χ1n) is 6.58. The molecule has 0 radical (unpaired) electrons. The van der Waals surface area contributed by atoms with E-state index in [1.165, 1.54) is 12.7 Å². The molecule has 0 aliphatic carbocycles. The van der Waals surface area contributed by atoms with E-state index in [1.807, 2.05) is 16.2 Å². The summed E-state index contributed by atoms with van der Waals surface area (Å²) in [7, 11) is 1.92. The van der Waals surface area contributed by atoms with Crippen molar-refractivity contribution in [2.24, 2.45) is 7.05 Å². The molecule has 104 valence electrons. The van der Waals surface area contributed by atoms with Crippen LogP contribution in [0.3, 0.4) is 0 Å².